The Morgan fingerprint density at radius 3 is 2.50 bits per heavy atom. The number of carbonyl (C=O) groups is 1. The molecule has 3 nitrogen and oxygen atoms in total. The molecule has 4 heteroatoms. The van der Waals surface area contributed by atoms with E-state index in [0.717, 1.165) is 19.4 Å². The molecule has 1 aliphatic carbocycles. The van der Waals surface area contributed by atoms with Gasteiger partial charge in [0.1, 0.15) is 0 Å². The molecule has 0 aliphatic heterocycles. The third-order valence-corrected chi connectivity index (χ3v) is 3.31. The maximum atomic E-state index is 11.8. The van der Waals surface area contributed by atoms with E-state index in [4.69, 9.17) is 5.73 Å². The van der Waals surface area contributed by atoms with Gasteiger partial charge >= 0.3 is 0 Å². The van der Waals surface area contributed by atoms with Gasteiger partial charge in [0.05, 0.1) is 5.54 Å². The van der Waals surface area contributed by atoms with Crippen LogP contribution in [0.1, 0.15) is 52.4 Å². The molecule has 0 bridgehead atoms. The summed E-state index contributed by atoms with van der Waals surface area (Å²) in [6.07, 6.45) is 6.85. The Morgan fingerprint density at radius 1 is 1.44 bits per heavy atom. The van der Waals surface area contributed by atoms with Gasteiger partial charge in [0.2, 0.25) is 5.91 Å². The fourth-order valence-corrected chi connectivity index (χ4v) is 2.29. The van der Waals surface area contributed by atoms with Crippen molar-refractivity contribution in [3.8, 4) is 0 Å². The Morgan fingerprint density at radius 2 is 2.00 bits per heavy atom. The van der Waals surface area contributed by atoms with Crippen LogP contribution in [-0.4, -0.2) is 18.0 Å². The average Bonchev–Trinajstić information content (AvgIpc) is 2.66. The Kier molecular flexibility index (Phi) is 7.00. The van der Waals surface area contributed by atoms with Gasteiger partial charge in [-0.15, -0.1) is 12.4 Å². The second kappa shape index (κ2) is 7.13. The summed E-state index contributed by atoms with van der Waals surface area (Å²) in [7, 11) is 0. The molecule has 16 heavy (non-hydrogen) atoms. The van der Waals surface area contributed by atoms with Crippen molar-refractivity contribution in [2.45, 2.75) is 57.9 Å². The molecule has 1 aliphatic rings. The highest BCUT2D eigenvalue weighted by molar-refractivity contribution is 5.85. The Bertz CT molecular complexity index is 213. The van der Waals surface area contributed by atoms with Gasteiger partial charge in [0.25, 0.3) is 0 Å². The van der Waals surface area contributed by atoms with Gasteiger partial charge in [-0.25, -0.2) is 0 Å². The van der Waals surface area contributed by atoms with Crippen LogP contribution in [0, 0.1) is 5.92 Å². The molecule has 0 spiro atoms. The molecule has 1 unspecified atom stereocenters. The van der Waals surface area contributed by atoms with Crippen molar-refractivity contribution >= 4 is 18.3 Å². The summed E-state index contributed by atoms with van der Waals surface area (Å²) in [6.45, 7) is 4.69. The van der Waals surface area contributed by atoms with Crippen LogP contribution in [0.3, 0.4) is 0 Å². The molecule has 0 aromatic heterocycles. The molecular formula is C12H25ClN2O. The predicted molar refractivity (Wildman–Crippen MR) is 69.7 cm³/mol. The number of hydrogen-bond acceptors (Lipinski definition) is 2. The molecule has 1 atom stereocenters. The summed E-state index contributed by atoms with van der Waals surface area (Å²) in [5.74, 6) is 0.697. The number of nitrogens with two attached hydrogens (primary N) is 1. The number of carbonyl (C=O) groups excluding carboxylic acids is 1. The van der Waals surface area contributed by atoms with E-state index in [9.17, 15) is 4.79 Å². The first-order valence-corrected chi connectivity index (χ1v) is 6.13. The highest BCUT2D eigenvalue weighted by Gasteiger charge is 2.27. The van der Waals surface area contributed by atoms with Crippen LogP contribution in [0.2, 0.25) is 0 Å². The SMILES string of the molecule is CCCC(C)(N)C(=O)NCC1CCCC1.Cl. The summed E-state index contributed by atoms with van der Waals surface area (Å²) in [5.41, 5.74) is 5.26. The van der Waals surface area contributed by atoms with Gasteiger partial charge in [-0.2, -0.15) is 0 Å². The van der Waals surface area contributed by atoms with E-state index in [1.165, 1.54) is 25.7 Å². The van der Waals surface area contributed by atoms with Crippen molar-refractivity contribution in [2.24, 2.45) is 11.7 Å². The van der Waals surface area contributed by atoms with Crippen LogP contribution in [-0.2, 0) is 4.79 Å². The van der Waals surface area contributed by atoms with Crippen LogP contribution < -0.4 is 11.1 Å². The van der Waals surface area contributed by atoms with E-state index >= 15 is 0 Å². The first-order valence-electron chi connectivity index (χ1n) is 6.13. The highest BCUT2D eigenvalue weighted by Crippen LogP contribution is 2.23. The van der Waals surface area contributed by atoms with Crippen molar-refractivity contribution in [2.75, 3.05) is 6.54 Å². The maximum Gasteiger partial charge on any atom is 0.239 e. The third-order valence-electron chi connectivity index (χ3n) is 3.31. The van der Waals surface area contributed by atoms with Crippen molar-refractivity contribution in [3.05, 3.63) is 0 Å². The minimum absolute atomic E-state index is 0. The predicted octanol–water partition coefficient (Wildman–Crippen LogP) is 2.23. The van der Waals surface area contributed by atoms with E-state index < -0.39 is 5.54 Å². The van der Waals surface area contributed by atoms with Crippen molar-refractivity contribution in [1.29, 1.82) is 0 Å². The molecule has 0 heterocycles. The molecule has 96 valence electrons. The maximum absolute atomic E-state index is 11.8. The molecule has 1 rings (SSSR count). The fraction of sp³-hybridized carbons (Fsp3) is 0.917. The number of amides is 1. The van der Waals surface area contributed by atoms with Gasteiger partial charge in [0, 0.05) is 6.54 Å². The monoisotopic (exact) mass is 248 g/mol. The number of hydrogen-bond donors (Lipinski definition) is 2. The lowest BCUT2D eigenvalue weighted by Gasteiger charge is -2.23. The molecule has 3 N–H and O–H groups in total. The lowest BCUT2D eigenvalue weighted by molar-refractivity contribution is -0.126. The third kappa shape index (κ3) is 4.71. The van der Waals surface area contributed by atoms with Crippen LogP contribution in [0.5, 0.6) is 0 Å². The second-order valence-electron chi connectivity index (χ2n) is 5.03. The zero-order chi connectivity index (χ0) is 11.3. The first kappa shape index (κ1) is 15.7. The van der Waals surface area contributed by atoms with E-state index in [1.54, 1.807) is 0 Å². The summed E-state index contributed by atoms with van der Waals surface area (Å²) in [4.78, 5) is 11.8. The summed E-state index contributed by atoms with van der Waals surface area (Å²) >= 11 is 0. The average molecular weight is 249 g/mol. The molecule has 1 amide bonds. The Hall–Kier alpha value is -0.280. The zero-order valence-corrected chi connectivity index (χ0v) is 11.2. The van der Waals surface area contributed by atoms with Gasteiger partial charge < -0.3 is 11.1 Å². The van der Waals surface area contributed by atoms with E-state index in [1.807, 2.05) is 6.92 Å². The van der Waals surface area contributed by atoms with Crippen LogP contribution in [0.15, 0.2) is 0 Å². The molecule has 0 radical (unpaired) electrons. The lowest BCUT2D eigenvalue weighted by Crippen LogP contribution is -2.52. The normalized spacial score (nSPS) is 19.9. The minimum atomic E-state index is -0.687. The Balaban J connectivity index is 0.00000225. The van der Waals surface area contributed by atoms with Crippen LogP contribution in [0.4, 0.5) is 0 Å². The quantitative estimate of drug-likeness (QED) is 0.784. The first-order chi connectivity index (χ1) is 7.06. The highest BCUT2D eigenvalue weighted by atomic mass is 35.5. The molecule has 0 saturated heterocycles. The largest absolute Gasteiger partial charge is 0.354 e. The summed E-state index contributed by atoms with van der Waals surface area (Å²) in [6, 6.07) is 0. The fourth-order valence-electron chi connectivity index (χ4n) is 2.29. The smallest absolute Gasteiger partial charge is 0.239 e. The minimum Gasteiger partial charge on any atom is -0.354 e. The van der Waals surface area contributed by atoms with Gasteiger partial charge in [-0.1, -0.05) is 26.2 Å². The molecular weight excluding hydrogens is 224 g/mol. The van der Waals surface area contributed by atoms with E-state index in [-0.39, 0.29) is 18.3 Å². The number of rotatable bonds is 5. The Labute approximate surface area is 105 Å². The van der Waals surface area contributed by atoms with Crippen LogP contribution >= 0.6 is 12.4 Å². The topological polar surface area (TPSA) is 55.1 Å². The second-order valence-corrected chi connectivity index (χ2v) is 5.03. The van der Waals surface area contributed by atoms with Crippen molar-refractivity contribution in [3.63, 3.8) is 0 Å². The van der Waals surface area contributed by atoms with Gasteiger partial charge in [0.15, 0.2) is 0 Å². The molecule has 1 fully saturated rings. The number of nitrogens with one attached hydrogen (secondary N) is 1. The van der Waals surface area contributed by atoms with Crippen LogP contribution in [0.25, 0.3) is 0 Å². The van der Waals surface area contributed by atoms with Crippen molar-refractivity contribution < 1.29 is 4.79 Å². The van der Waals surface area contributed by atoms with Crippen molar-refractivity contribution in [1.82, 2.24) is 5.32 Å². The zero-order valence-electron chi connectivity index (χ0n) is 10.4. The lowest BCUT2D eigenvalue weighted by atomic mass is 9.96. The summed E-state index contributed by atoms with van der Waals surface area (Å²) in [5, 5.41) is 2.99. The van der Waals surface area contributed by atoms with E-state index in [0.29, 0.717) is 5.92 Å². The standard InChI is InChI=1S/C12H24N2O.ClH/c1-3-8-12(2,13)11(15)14-9-10-6-4-5-7-10;/h10H,3-9,13H2,1-2H3,(H,14,15);1H. The molecule has 0 aromatic carbocycles. The van der Waals surface area contributed by atoms with Gasteiger partial charge in [-0.05, 0) is 32.1 Å². The molecule has 0 aromatic rings. The van der Waals surface area contributed by atoms with Gasteiger partial charge in [-0.3, -0.25) is 4.79 Å². The van der Waals surface area contributed by atoms with E-state index in [2.05, 4.69) is 12.2 Å². The number of halogens is 1. The molecule has 1 saturated carbocycles. The summed E-state index contributed by atoms with van der Waals surface area (Å²) < 4.78 is 0.